The fraction of sp³-hybridized carbons (Fsp3) is 0.300. The van der Waals surface area contributed by atoms with Crippen molar-refractivity contribution in [3.05, 3.63) is 41.2 Å². The van der Waals surface area contributed by atoms with Crippen molar-refractivity contribution in [3.63, 3.8) is 0 Å². The Hall–Kier alpha value is -3.47. The Bertz CT molecular complexity index is 1430. The summed E-state index contributed by atoms with van der Waals surface area (Å²) in [5.74, 6) is 0.130. The number of benzene rings is 1. The topological polar surface area (TPSA) is 121 Å². The van der Waals surface area contributed by atoms with Gasteiger partial charge in [-0.1, -0.05) is 0 Å². The third-order valence-corrected chi connectivity index (χ3v) is 7.66. The van der Waals surface area contributed by atoms with Gasteiger partial charge in [0.1, 0.15) is 0 Å². The second-order valence-corrected chi connectivity index (χ2v) is 10.0. The smallest absolute Gasteiger partial charge is 0.267 e. The van der Waals surface area contributed by atoms with E-state index in [-0.39, 0.29) is 35.5 Å². The molecule has 0 radical (unpaired) electrons. The lowest BCUT2D eigenvalue weighted by Crippen LogP contribution is -2.29. The molecule has 0 N–H and O–H groups in total. The molecule has 158 valence electrons. The van der Waals surface area contributed by atoms with Crippen molar-refractivity contribution in [2.45, 2.75) is 19.4 Å². The summed E-state index contributed by atoms with van der Waals surface area (Å²) in [6.45, 7) is 1.81. The predicted molar refractivity (Wildman–Crippen MR) is 108 cm³/mol. The molecule has 1 saturated heterocycles. The molecule has 1 atom stereocenters. The zero-order valence-corrected chi connectivity index (χ0v) is 17.2. The van der Waals surface area contributed by atoms with Crippen molar-refractivity contribution in [2.24, 2.45) is 0 Å². The molecule has 31 heavy (non-hydrogen) atoms. The maximum absolute atomic E-state index is 13.4. The van der Waals surface area contributed by atoms with Crippen LogP contribution in [0.2, 0.25) is 0 Å². The number of anilines is 1. The minimum Gasteiger partial charge on any atom is -0.454 e. The first kappa shape index (κ1) is 18.3. The van der Waals surface area contributed by atoms with Gasteiger partial charge >= 0.3 is 0 Å². The van der Waals surface area contributed by atoms with E-state index < -0.39 is 21.7 Å². The Morgan fingerprint density at radius 3 is 2.71 bits per heavy atom. The molecule has 5 heterocycles. The number of carbonyl (C=O) groups is 2. The van der Waals surface area contributed by atoms with E-state index in [0.29, 0.717) is 40.3 Å². The van der Waals surface area contributed by atoms with Gasteiger partial charge in [-0.25, -0.2) is 23.0 Å². The monoisotopic (exact) mass is 440 g/mol. The molecular formula is C20H16N4O6S. The van der Waals surface area contributed by atoms with Crippen LogP contribution in [0.4, 0.5) is 5.69 Å². The van der Waals surface area contributed by atoms with Crippen molar-refractivity contribution < 1.29 is 27.5 Å². The quantitative estimate of drug-likeness (QED) is 0.552. The molecule has 11 heteroatoms. The summed E-state index contributed by atoms with van der Waals surface area (Å²) in [6, 6.07) is 4.52. The number of sulfone groups is 1. The fourth-order valence-electron chi connectivity index (χ4n) is 4.47. The van der Waals surface area contributed by atoms with Gasteiger partial charge < -0.3 is 9.47 Å². The molecule has 1 aromatic carbocycles. The third kappa shape index (κ3) is 2.52. The lowest BCUT2D eigenvalue weighted by atomic mass is 10.1. The number of aromatic nitrogens is 3. The van der Waals surface area contributed by atoms with Gasteiger partial charge in [-0.15, -0.1) is 0 Å². The van der Waals surface area contributed by atoms with Crippen LogP contribution in [0.1, 0.15) is 38.9 Å². The van der Waals surface area contributed by atoms with Gasteiger partial charge in [0.15, 0.2) is 27.0 Å². The average molecular weight is 440 g/mol. The van der Waals surface area contributed by atoms with Crippen LogP contribution in [0, 0.1) is 6.92 Å². The predicted octanol–water partition coefficient (Wildman–Crippen LogP) is 1.63. The second-order valence-electron chi connectivity index (χ2n) is 7.82. The van der Waals surface area contributed by atoms with Crippen LogP contribution in [0.5, 0.6) is 11.5 Å². The maximum Gasteiger partial charge on any atom is 0.267 e. The maximum atomic E-state index is 13.4. The molecule has 0 spiro atoms. The van der Waals surface area contributed by atoms with Gasteiger partial charge in [0.05, 0.1) is 45.4 Å². The van der Waals surface area contributed by atoms with Crippen molar-refractivity contribution in [1.82, 2.24) is 14.8 Å². The van der Waals surface area contributed by atoms with Crippen LogP contribution in [-0.4, -0.2) is 53.3 Å². The average Bonchev–Trinajstić information content (AvgIpc) is 3.47. The molecule has 2 amide bonds. The van der Waals surface area contributed by atoms with Gasteiger partial charge in [0.2, 0.25) is 6.79 Å². The number of nitrogens with zero attached hydrogens (tertiary/aromatic N) is 4. The molecule has 6 rings (SSSR count). The summed E-state index contributed by atoms with van der Waals surface area (Å²) in [7, 11) is -3.12. The van der Waals surface area contributed by atoms with Gasteiger partial charge in [-0.3, -0.25) is 9.59 Å². The van der Waals surface area contributed by atoms with Crippen LogP contribution >= 0.6 is 0 Å². The van der Waals surface area contributed by atoms with E-state index in [1.54, 1.807) is 29.8 Å². The molecule has 3 aromatic rings. The Labute approximate surface area is 176 Å². The number of carbonyl (C=O) groups excluding carboxylic acids is 2. The number of aryl methyl sites for hydroxylation is 1. The molecule has 0 aliphatic carbocycles. The largest absolute Gasteiger partial charge is 0.454 e. The van der Waals surface area contributed by atoms with Crippen LogP contribution in [-0.2, 0) is 9.84 Å². The molecule has 3 aliphatic rings. The summed E-state index contributed by atoms with van der Waals surface area (Å²) in [5, 5.41) is 4.97. The van der Waals surface area contributed by atoms with Gasteiger partial charge in [-0.2, -0.15) is 5.10 Å². The van der Waals surface area contributed by atoms with Crippen molar-refractivity contribution in [1.29, 1.82) is 0 Å². The number of rotatable bonds is 2. The van der Waals surface area contributed by atoms with Crippen molar-refractivity contribution in [2.75, 3.05) is 23.2 Å². The summed E-state index contributed by atoms with van der Waals surface area (Å²) in [6.07, 6.45) is 1.81. The summed E-state index contributed by atoms with van der Waals surface area (Å²) < 4.78 is 36.1. The Morgan fingerprint density at radius 1 is 1.13 bits per heavy atom. The summed E-state index contributed by atoms with van der Waals surface area (Å²) >= 11 is 0. The number of hydrogen-bond acceptors (Lipinski definition) is 8. The zero-order valence-electron chi connectivity index (χ0n) is 16.4. The Kier molecular flexibility index (Phi) is 3.56. The van der Waals surface area contributed by atoms with Crippen LogP contribution < -0.4 is 14.4 Å². The number of pyridine rings is 1. The first-order chi connectivity index (χ1) is 14.8. The highest BCUT2D eigenvalue weighted by Gasteiger charge is 2.41. The van der Waals surface area contributed by atoms with E-state index in [0.717, 1.165) is 4.90 Å². The van der Waals surface area contributed by atoms with Gasteiger partial charge in [-0.05, 0) is 25.5 Å². The minimum atomic E-state index is -3.12. The molecule has 2 aromatic heterocycles. The van der Waals surface area contributed by atoms with Crippen molar-refractivity contribution in [3.8, 4) is 11.5 Å². The Balaban J connectivity index is 1.48. The van der Waals surface area contributed by atoms with Crippen LogP contribution in [0.15, 0.2) is 24.4 Å². The number of fused-ring (bicyclic) bond motifs is 4. The number of hydrogen-bond donors (Lipinski definition) is 0. The zero-order chi connectivity index (χ0) is 21.5. The molecule has 1 fully saturated rings. The molecule has 3 aliphatic heterocycles. The summed E-state index contributed by atoms with van der Waals surface area (Å²) in [4.78, 5) is 32.0. The first-order valence-corrected chi connectivity index (χ1v) is 11.5. The molecule has 0 saturated carbocycles. The highest BCUT2D eigenvalue weighted by Crippen LogP contribution is 2.40. The van der Waals surface area contributed by atoms with Crippen LogP contribution in [0.25, 0.3) is 11.0 Å². The van der Waals surface area contributed by atoms with E-state index in [4.69, 9.17) is 9.47 Å². The van der Waals surface area contributed by atoms with Gasteiger partial charge in [0, 0.05) is 12.3 Å². The molecule has 0 bridgehead atoms. The molecule has 1 unspecified atom stereocenters. The number of imide groups is 1. The van der Waals surface area contributed by atoms with E-state index in [1.807, 2.05) is 0 Å². The van der Waals surface area contributed by atoms with Crippen molar-refractivity contribution >= 4 is 38.4 Å². The summed E-state index contributed by atoms with van der Waals surface area (Å²) in [5.41, 5.74) is 1.73. The standard InChI is InChI=1S/C20H16N4O6S/c1-10-16-17-13(7-21-18(16)24(22-10)12-4-5-31(27,28)8-12)19(25)23(20(17)26)11-2-3-14-15(6-11)30-9-29-14/h2-3,6-7,12H,4-5,8-9H2,1H3. The number of amides is 2. The SMILES string of the molecule is Cc1nn(C2CCS(=O)(=O)C2)c2ncc3c(c12)C(=O)N(c1ccc2c(c1)OCO2)C3=O. The second kappa shape index (κ2) is 6.03. The normalized spacial score (nSPS) is 21.3. The lowest BCUT2D eigenvalue weighted by molar-refractivity contribution is 0.0926. The van der Waals surface area contributed by atoms with E-state index in [1.165, 1.54) is 6.20 Å². The molecule has 10 nitrogen and oxygen atoms in total. The lowest BCUT2D eigenvalue weighted by Gasteiger charge is -2.14. The van der Waals surface area contributed by atoms with E-state index in [9.17, 15) is 18.0 Å². The third-order valence-electron chi connectivity index (χ3n) is 5.91. The highest BCUT2D eigenvalue weighted by atomic mass is 32.2. The van der Waals surface area contributed by atoms with E-state index in [2.05, 4.69) is 10.1 Å². The first-order valence-electron chi connectivity index (χ1n) is 9.71. The highest BCUT2D eigenvalue weighted by molar-refractivity contribution is 7.91. The van der Waals surface area contributed by atoms with E-state index >= 15 is 0 Å². The fourth-order valence-corrected chi connectivity index (χ4v) is 6.16. The van der Waals surface area contributed by atoms with Crippen LogP contribution in [0.3, 0.4) is 0 Å². The minimum absolute atomic E-state index is 0.0157. The Morgan fingerprint density at radius 2 is 1.94 bits per heavy atom. The number of ether oxygens (including phenoxy) is 2. The molecular weight excluding hydrogens is 424 g/mol. The van der Waals surface area contributed by atoms with Gasteiger partial charge in [0.25, 0.3) is 11.8 Å².